The Morgan fingerprint density at radius 1 is 1.18 bits per heavy atom. The molecule has 0 bridgehead atoms. The minimum atomic E-state index is -0.199. The number of nitrogens with two attached hydrogens (primary N) is 1. The van der Waals surface area contributed by atoms with Crippen molar-refractivity contribution in [3.8, 4) is 11.4 Å². The molecule has 2 N–H and O–H groups in total. The minimum absolute atomic E-state index is 0.149. The summed E-state index contributed by atoms with van der Waals surface area (Å²) in [7, 11) is 0. The lowest BCUT2D eigenvalue weighted by atomic mass is 9.99. The van der Waals surface area contributed by atoms with Crippen molar-refractivity contribution in [3.63, 3.8) is 0 Å². The van der Waals surface area contributed by atoms with Crippen LogP contribution in [0.15, 0.2) is 29.4 Å². The number of rotatable bonds is 2. The van der Waals surface area contributed by atoms with E-state index in [-0.39, 0.29) is 11.5 Å². The van der Waals surface area contributed by atoms with Crippen LogP contribution in [0.2, 0.25) is 5.02 Å². The Labute approximate surface area is 134 Å². The van der Waals surface area contributed by atoms with Gasteiger partial charge in [-0.05, 0) is 32.9 Å². The summed E-state index contributed by atoms with van der Waals surface area (Å²) in [5.74, 6) is 1.03. The first-order chi connectivity index (χ1) is 10.4. The van der Waals surface area contributed by atoms with Crippen LogP contribution in [0.4, 0.5) is 11.9 Å². The summed E-state index contributed by atoms with van der Waals surface area (Å²) < 4.78 is 0. The molecule has 6 nitrogen and oxygen atoms in total. The number of hydrogen-bond donors (Lipinski definition) is 1. The second-order valence-electron chi connectivity index (χ2n) is 5.93. The minimum Gasteiger partial charge on any atom is -0.368 e. The lowest BCUT2D eigenvalue weighted by molar-refractivity contribution is 0.506. The highest BCUT2D eigenvalue weighted by molar-refractivity contribution is 6.33. The van der Waals surface area contributed by atoms with E-state index in [1.807, 2.05) is 25.1 Å². The Kier molecular flexibility index (Phi) is 3.48. The summed E-state index contributed by atoms with van der Waals surface area (Å²) in [6.07, 6.45) is 0.847. The van der Waals surface area contributed by atoms with Gasteiger partial charge in [-0.25, -0.2) is 5.01 Å². The number of benzene rings is 1. The van der Waals surface area contributed by atoms with Gasteiger partial charge in [-0.2, -0.15) is 20.1 Å². The van der Waals surface area contributed by atoms with Gasteiger partial charge in [0.15, 0.2) is 5.82 Å². The van der Waals surface area contributed by atoms with E-state index in [0.29, 0.717) is 16.8 Å². The monoisotopic (exact) mass is 316 g/mol. The Morgan fingerprint density at radius 2 is 1.91 bits per heavy atom. The van der Waals surface area contributed by atoms with Crippen molar-refractivity contribution < 1.29 is 0 Å². The summed E-state index contributed by atoms with van der Waals surface area (Å²) >= 11 is 6.22. The average Bonchev–Trinajstić information content (AvgIpc) is 2.71. The van der Waals surface area contributed by atoms with E-state index in [4.69, 9.17) is 17.3 Å². The van der Waals surface area contributed by atoms with Crippen LogP contribution in [0, 0.1) is 0 Å². The van der Waals surface area contributed by atoms with Gasteiger partial charge in [-0.15, -0.1) is 0 Å². The van der Waals surface area contributed by atoms with E-state index < -0.39 is 0 Å². The smallest absolute Gasteiger partial charge is 0.252 e. The third-order valence-electron chi connectivity index (χ3n) is 3.48. The zero-order valence-corrected chi connectivity index (χ0v) is 13.5. The van der Waals surface area contributed by atoms with Gasteiger partial charge in [-0.1, -0.05) is 23.7 Å². The maximum absolute atomic E-state index is 6.22. The van der Waals surface area contributed by atoms with Gasteiger partial charge in [0, 0.05) is 17.7 Å². The largest absolute Gasteiger partial charge is 0.368 e. The Balaban J connectivity index is 2.10. The molecule has 0 saturated carbocycles. The predicted molar refractivity (Wildman–Crippen MR) is 89.0 cm³/mol. The van der Waals surface area contributed by atoms with Crippen LogP contribution < -0.4 is 10.7 Å². The molecule has 1 aromatic carbocycles. The first-order valence-electron chi connectivity index (χ1n) is 6.97. The summed E-state index contributed by atoms with van der Waals surface area (Å²) in [5, 5.41) is 6.88. The maximum Gasteiger partial charge on any atom is 0.252 e. The quantitative estimate of drug-likeness (QED) is 0.920. The molecule has 0 unspecified atom stereocenters. The second kappa shape index (κ2) is 5.21. The van der Waals surface area contributed by atoms with Crippen LogP contribution in [0.25, 0.3) is 11.4 Å². The fourth-order valence-corrected chi connectivity index (χ4v) is 2.82. The highest BCUT2D eigenvalue weighted by Gasteiger charge is 2.35. The molecule has 0 saturated heterocycles. The molecule has 114 valence electrons. The fraction of sp³-hybridized carbons (Fsp3) is 0.333. The topological polar surface area (TPSA) is 80.3 Å². The second-order valence-corrected chi connectivity index (χ2v) is 6.34. The number of halogens is 1. The van der Waals surface area contributed by atoms with Gasteiger partial charge in [0.05, 0.1) is 10.6 Å². The van der Waals surface area contributed by atoms with Crippen LogP contribution in [-0.4, -0.2) is 26.2 Å². The van der Waals surface area contributed by atoms with Crippen molar-refractivity contribution in [1.82, 2.24) is 15.0 Å². The molecule has 0 aliphatic carbocycles. The lowest BCUT2D eigenvalue weighted by Gasteiger charge is -2.28. The lowest BCUT2D eigenvalue weighted by Crippen LogP contribution is -2.37. The number of hydrogen-bond acceptors (Lipinski definition) is 6. The maximum atomic E-state index is 6.22. The van der Waals surface area contributed by atoms with E-state index in [1.54, 1.807) is 11.1 Å². The Hall–Kier alpha value is -2.21. The standard InChI is InChI=1S/C15H17ClN6/c1-9-8-15(2,3)22(21-9)14-19-12(18-13(17)20-14)10-6-4-5-7-11(10)16/h4-7H,8H2,1-3H3,(H2,17,18,19,20). The van der Waals surface area contributed by atoms with Gasteiger partial charge >= 0.3 is 0 Å². The summed E-state index contributed by atoms with van der Waals surface area (Å²) in [5.41, 5.74) is 7.41. The molecule has 2 aromatic rings. The van der Waals surface area contributed by atoms with Crippen molar-refractivity contribution in [2.75, 3.05) is 10.7 Å². The van der Waals surface area contributed by atoms with Crippen LogP contribution in [0.3, 0.4) is 0 Å². The third-order valence-corrected chi connectivity index (χ3v) is 3.81. The summed E-state index contributed by atoms with van der Waals surface area (Å²) in [4.78, 5) is 12.9. The van der Waals surface area contributed by atoms with Gasteiger partial charge in [0.1, 0.15) is 0 Å². The van der Waals surface area contributed by atoms with E-state index in [9.17, 15) is 0 Å². The van der Waals surface area contributed by atoms with Crippen molar-refractivity contribution in [1.29, 1.82) is 0 Å². The van der Waals surface area contributed by atoms with Crippen LogP contribution in [0.1, 0.15) is 27.2 Å². The molecule has 0 amide bonds. The number of aromatic nitrogens is 3. The molecule has 1 aliphatic heterocycles. The first-order valence-corrected chi connectivity index (χ1v) is 7.35. The summed E-state index contributed by atoms with van der Waals surface area (Å²) in [6.45, 7) is 6.16. The van der Waals surface area contributed by atoms with E-state index in [1.165, 1.54) is 0 Å². The summed E-state index contributed by atoms with van der Waals surface area (Å²) in [6, 6.07) is 7.38. The van der Waals surface area contributed by atoms with Crippen LogP contribution in [0.5, 0.6) is 0 Å². The molecular formula is C15H17ClN6. The Bertz CT molecular complexity index is 755. The number of hydrazone groups is 1. The van der Waals surface area contributed by atoms with Crippen molar-refractivity contribution in [3.05, 3.63) is 29.3 Å². The molecule has 0 fully saturated rings. The first kappa shape index (κ1) is 14.7. The fourth-order valence-electron chi connectivity index (χ4n) is 2.60. The molecule has 0 radical (unpaired) electrons. The zero-order chi connectivity index (χ0) is 15.9. The molecule has 1 aliphatic rings. The number of nitrogen functional groups attached to an aromatic ring is 1. The number of nitrogens with zero attached hydrogens (tertiary/aromatic N) is 5. The van der Waals surface area contributed by atoms with Crippen molar-refractivity contribution in [2.45, 2.75) is 32.7 Å². The molecule has 3 rings (SSSR count). The van der Waals surface area contributed by atoms with E-state index in [2.05, 4.69) is 33.9 Å². The number of anilines is 2. The van der Waals surface area contributed by atoms with Gasteiger partial charge < -0.3 is 5.73 Å². The molecular weight excluding hydrogens is 300 g/mol. The van der Waals surface area contributed by atoms with E-state index >= 15 is 0 Å². The Morgan fingerprint density at radius 3 is 2.55 bits per heavy atom. The van der Waals surface area contributed by atoms with Gasteiger partial charge in [0.2, 0.25) is 5.95 Å². The molecule has 2 heterocycles. The zero-order valence-electron chi connectivity index (χ0n) is 12.7. The van der Waals surface area contributed by atoms with Crippen LogP contribution in [-0.2, 0) is 0 Å². The molecule has 22 heavy (non-hydrogen) atoms. The van der Waals surface area contributed by atoms with Crippen LogP contribution >= 0.6 is 11.6 Å². The average molecular weight is 317 g/mol. The van der Waals surface area contributed by atoms with E-state index in [0.717, 1.165) is 17.7 Å². The normalized spacial score (nSPS) is 16.7. The molecule has 0 atom stereocenters. The van der Waals surface area contributed by atoms with Gasteiger partial charge in [-0.3, -0.25) is 0 Å². The van der Waals surface area contributed by atoms with Crippen molar-refractivity contribution in [2.24, 2.45) is 5.10 Å². The van der Waals surface area contributed by atoms with Gasteiger partial charge in [0.25, 0.3) is 5.95 Å². The third kappa shape index (κ3) is 2.62. The molecule has 7 heteroatoms. The highest BCUT2D eigenvalue weighted by atomic mass is 35.5. The van der Waals surface area contributed by atoms with Crippen molar-refractivity contribution >= 4 is 29.2 Å². The highest BCUT2D eigenvalue weighted by Crippen LogP contribution is 2.32. The molecule has 0 spiro atoms. The predicted octanol–water partition coefficient (Wildman–Crippen LogP) is 3.14. The molecule has 1 aromatic heterocycles. The SMILES string of the molecule is CC1=NN(c2nc(N)nc(-c3ccccc3Cl)n2)C(C)(C)C1.